The van der Waals surface area contributed by atoms with Crippen LogP contribution < -0.4 is 5.32 Å². The topological polar surface area (TPSA) is 52.6 Å². The maximum absolute atomic E-state index is 11.8. The second kappa shape index (κ2) is 8.27. The standard InChI is InChI=1S/C14H26N2O2/c1-12(16(2)10-11-17)14(18)15-9-8-13-6-4-3-5-7-13/h6,12,17H,3-5,7-11H2,1-2H3,(H,15,18). The Balaban J connectivity index is 2.21. The summed E-state index contributed by atoms with van der Waals surface area (Å²) in [4.78, 5) is 13.7. The summed E-state index contributed by atoms with van der Waals surface area (Å²) in [5.41, 5.74) is 1.48. The molecule has 0 spiro atoms. The van der Waals surface area contributed by atoms with Crippen LogP contribution in [0.3, 0.4) is 0 Å². The highest BCUT2D eigenvalue weighted by molar-refractivity contribution is 5.81. The molecule has 1 aliphatic carbocycles. The molecule has 1 aliphatic rings. The third-order valence-electron chi connectivity index (χ3n) is 3.62. The zero-order valence-corrected chi connectivity index (χ0v) is 11.6. The first kappa shape index (κ1) is 15.2. The predicted octanol–water partition coefficient (Wildman–Crippen LogP) is 1.31. The Hall–Kier alpha value is -0.870. The number of carbonyl (C=O) groups excluding carboxylic acids is 1. The van der Waals surface area contributed by atoms with Crippen LogP contribution in [0, 0.1) is 0 Å². The average molecular weight is 254 g/mol. The zero-order valence-electron chi connectivity index (χ0n) is 11.6. The molecule has 1 rings (SSSR count). The highest BCUT2D eigenvalue weighted by atomic mass is 16.3. The van der Waals surface area contributed by atoms with Crippen LogP contribution >= 0.6 is 0 Å². The number of hydrogen-bond donors (Lipinski definition) is 2. The molecule has 0 saturated carbocycles. The normalized spacial score (nSPS) is 17.4. The van der Waals surface area contributed by atoms with Gasteiger partial charge in [0.15, 0.2) is 0 Å². The molecule has 0 radical (unpaired) electrons. The van der Waals surface area contributed by atoms with Crippen LogP contribution in [-0.4, -0.2) is 48.7 Å². The second-order valence-corrected chi connectivity index (χ2v) is 5.03. The fraction of sp³-hybridized carbons (Fsp3) is 0.786. The molecule has 0 fully saturated rings. The van der Waals surface area contributed by atoms with Crippen molar-refractivity contribution in [3.05, 3.63) is 11.6 Å². The minimum atomic E-state index is -0.183. The first-order chi connectivity index (χ1) is 8.65. The molecule has 0 heterocycles. The largest absolute Gasteiger partial charge is 0.395 e. The van der Waals surface area contributed by atoms with Gasteiger partial charge in [0.05, 0.1) is 12.6 Å². The lowest BCUT2D eigenvalue weighted by atomic mass is 9.97. The fourth-order valence-electron chi connectivity index (χ4n) is 2.18. The van der Waals surface area contributed by atoms with Crippen molar-refractivity contribution in [1.82, 2.24) is 10.2 Å². The number of hydrogen-bond acceptors (Lipinski definition) is 3. The van der Waals surface area contributed by atoms with Crippen molar-refractivity contribution in [2.45, 2.75) is 45.1 Å². The molecule has 2 N–H and O–H groups in total. The van der Waals surface area contributed by atoms with E-state index < -0.39 is 0 Å². The summed E-state index contributed by atoms with van der Waals surface area (Å²) in [7, 11) is 1.85. The fourth-order valence-corrected chi connectivity index (χ4v) is 2.18. The molecule has 18 heavy (non-hydrogen) atoms. The minimum absolute atomic E-state index is 0.0439. The third-order valence-corrected chi connectivity index (χ3v) is 3.62. The first-order valence-electron chi connectivity index (χ1n) is 6.92. The van der Waals surface area contributed by atoms with Gasteiger partial charge in [-0.05, 0) is 46.1 Å². The van der Waals surface area contributed by atoms with Gasteiger partial charge in [-0.1, -0.05) is 11.6 Å². The summed E-state index contributed by atoms with van der Waals surface area (Å²) in [6.07, 6.45) is 8.27. The van der Waals surface area contributed by atoms with Crippen LogP contribution in [0.15, 0.2) is 11.6 Å². The summed E-state index contributed by atoms with van der Waals surface area (Å²) in [5.74, 6) is 0.0439. The molecule has 0 aromatic rings. The molecule has 4 heteroatoms. The van der Waals surface area contributed by atoms with Crippen LogP contribution in [0.2, 0.25) is 0 Å². The van der Waals surface area contributed by atoms with E-state index in [2.05, 4.69) is 11.4 Å². The van der Waals surface area contributed by atoms with Crippen LogP contribution in [0.25, 0.3) is 0 Å². The van der Waals surface area contributed by atoms with Gasteiger partial charge in [-0.3, -0.25) is 9.69 Å². The predicted molar refractivity (Wildman–Crippen MR) is 73.4 cm³/mol. The van der Waals surface area contributed by atoms with Gasteiger partial charge in [0, 0.05) is 13.1 Å². The molecule has 0 bridgehead atoms. The Morgan fingerprint density at radius 1 is 1.56 bits per heavy atom. The molecule has 1 unspecified atom stereocenters. The molecule has 1 amide bonds. The number of nitrogens with one attached hydrogen (secondary N) is 1. The molecular weight excluding hydrogens is 228 g/mol. The third kappa shape index (κ3) is 5.19. The van der Waals surface area contributed by atoms with Crippen molar-refractivity contribution >= 4 is 5.91 Å². The van der Waals surface area contributed by atoms with Crippen molar-refractivity contribution in [2.75, 3.05) is 26.7 Å². The van der Waals surface area contributed by atoms with Crippen LogP contribution in [0.1, 0.15) is 39.0 Å². The van der Waals surface area contributed by atoms with E-state index in [0.29, 0.717) is 6.54 Å². The van der Waals surface area contributed by atoms with Crippen LogP contribution in [0.4, 0.5) is 0 Å². The summed E-state index contributed by atoms with van der Waals surface area (Å²) in [6.45, 7) is 3.20. The number of carbonyl (C=O) groups is 1. The summed E-state index contributed by atoms with van der Waals surface area (Å²) in [6, 6.07) is -0.183. The Morgan fingerprint density at radius 3 is 2.94 bits per heavy atom. The van der Waals surface area contributed by atoms with Gasteiger partial charge in [0.2, 0.25) is 5.91 Å². The number of amides is 1. The maximum Gasteiger partial charge on any atom is 0.237 e. The van der Waals surface area contributed by atoms with Crippen LogP contribution in [-0.2, 0) is 4.79 Å². The first-order valence-corrected chi connectivity index (χ1v) is 6.92. The number of aliphatic hydroxyl groups is 1. The molecule has 0 aliphatic heterocycles. The Kier molecular flexibility index (Phi) is 6.98. The van der Waals surface area contributed by atoms with Gasteiger partial charge in [0.25, 0.3) is 0 Å². The van der Waals surface area contributed by atoms with Crippen molar-refractivity contribution < 1.29 is 9.90 Å². The molecule has 0 saturated heterocycles. The van der Waals surface area contributed by atoms with Gasteiger partial charge in [-0.25, -0.2) is 0 Å². The highest BCUT2D eigenvalue weighted by Crippen LogP contribution is 2.19. The van der Waals surface area contributed by atoms with E-state index in [1.165, 1.54) is 31.3 Å². The Labute approximate surface area is 110 Å². The Bertz CT molecular complexity index is 290. The van der Waals surface area contributed by atoms with Crippen molar-refractivity contribution in [3.63, 3.8) is 0 Å². The molecule has 4 nitrogen and oxygen atoms in total. The summed E-state index contributed by atoms with van der Waals surface area (Å²) in [5, 5.41) is 11.8. The molecule has 104 valence electrons. The van der Waals surface area contributed by atoms with E-state index in [1.54, 1.807) is 0 Å². The number of rotatable bonds is 7. The van der Waals surface area contributed by atoms with Crippen molar-refractivity contribution in [2.24, 2.45) is 0 Å². The molecule has 0 aromatic heterocycles. The van der Waals surface area contributed by atoms with E-state index in [-0.39, 0.29) is 18.6 Å². The second-order valence-electron chi connectivity index (χ2n) is 5.03. The van der Waals surface area contributed by atoms with E-state index >= 15 is 0 Å². The lowest BCUT2D eigenvalue weighted by molar-refractivity contribution is -0.125. The van der Waals surface area contributed by atoms with Crippen molar-refractivity contribution in [1.29, 1.82) is 0 Å². The van der Waals surface area contributed by atoms with Gasteiger partial charge in [-0.2, -0.15) is 0 Å². The van der Waals surface area contributed by atoms with E-state index in [1.807, 2.05) is 18.9 Å². The summed E-state index contributed by atoms with van der Waals surface area (Å²) < 4.78 is 0. The zero-order chi connectivity index (χ0) is 13.4. The molecule has 0 aromatic carbocycles. The maximum atomic E-state index is 11.8. The van der Waals surface area contributed by atoms with Crippen molar-refractivity contribution in [3.8, 4) is 0 Å². The summed E-state index contributed by atoms with van der Waals surface area (Å²) >= 11 is 0. The van der Waals surface area contributed by atoms with E-state index in [0.717, 1.165) is 13.0 Å². The Morgan fingerprint density at radius 2 is 2.33 bits per heavy atom. The lowest BCUT2D eigenvalue weighted by Gasteiger charge is -2.23. The highest BCUT2D eigenvalue weighted by Gasteiger charge is 2.16. The minimum Gasteiger partial charge on any atom is -0.395 e. The van der Waals surface area contributed by atoms with E-state index in [4.69, 9.17) is 5.11 Å². The number of likely N-dealkylation sites (N-methyl/N-ethyl adjacent to an activating group) is 1. The van der Waals surface area contributed by atoms with Crippen LogP contribution in [0.5, 0.6) is 0 Å². The SMILES string of the molecule is CC(C(=O)NCCC1=CCCCC1)N(C)CCO. The molecular formula is C14H26N2O2. The lowest BCUT2D eigenvalue weighted by Crippen LogP contribution is -2.44. The van der Waals surface area contributed by atoms with E-state index in [9.17, 15) is 4.79 Å². The van der Waals surface area contributed by atoms with Gasteiger partial charge < -0.3 is 10.4 Å². The number of allylic oxidation sites excluding steroid dienone is 1. The van der Waals surface area contributed by atoms with Gasteiger partial charge in [-0.15, -0.1) is 0 Å². The van der Waals surface area contributed by atoms with Gasteiger partial charge >= 0.3 is 0 Å². The monoisotopic (exact) mass is 254 g/mol. The average Bonchev–Trinajstić information content (AvgIpc) is 2.39. The number of aliphatic hydroxyl groups excluding tert-OH is 1. The smallest absolute Gasteiger partial charge is 0.237 e. The number of nitrogens with zero attached hydrogens (tertiary/aromatic N) is 1. The molecule has 1 atom stereocenters. The quantitative estimate of drug-likeness (QED) is 0.673. The van der Waals surface area contributed by atoms with Gasteiger partial charge in [0.1, 0.15) is 0 Å².